The van der Waals surface area contributed by atoms with E-state index in [2.05, 4.69) is 104 Å². The van der Waals surface area contributed by atoms with E-state index in [-0.39, 0.29) is 40.9 Å². The normalized spacial score (nSPS) is 17.1. The molecule has 5 aromatic rings. The van der Waals surface area contributed by atoms with Gasteiger partial charge >= 0.3 is 22.2 Å². The number of alkyl halides is 1. The number of ketones is 1. The van der Waals surface area contributed by atoms with Gasteiger partial charge in [0.25, 0.3) is 5.91 Å². The number of carbonyl (C=O) groups excluding carboxylic acids is 2. The molecule has 2 N–H and O–H groups in total. The van der Waals surface area contributed by atoms with Gasteiger partial charge in [-0.05, 0) is 145 Å². The van der Waals surface area contributed by atoms with Gasteiger partial charge in [0.1, 0.15) is 0 Å². The molecule has 1 amide bonds. The fourth-order valence-corrected chi connectivity index (χ4v) is 11.0. The minimum atomic E-state index is -1.08. The average Bonchev–Trinajstić information content (AvgIpc) is 3.29. The van der Waals surface area contributed by atoms with E-state index in [0.29, 0.717) is 31.7 Å². The predicted molar refractivity (Wildman–Crippen MR) is 281 cm³/mol. The molecule has 0 saturated carbocycles. The second-order valence-electron chi connectivity index (χ2n) is 21.1. The minimum Gasteiger partial charge on any atom is -0.394 e. The summed E-state index contributed by atoms with van der Waals surface area (Å²) in [6.07, 6.45) is 5.20. The topological polar surface area (TPSA) is 166 Å². The van der Waals surface area contributed by atoms with Crippen molar-refractivity contribution in [2.24, 2.45) is 0 Å². The Morgan fingerprint density at radius 3 is 1.52 bits per heavy atom. The number of halogens is 1. The van der Waals surface area contributed by atoms with Crippen LogP contribution in [0.25, 0.3) is 22.1 Å². The maximum Gasteiger partial charge on any atom is 0.317 e. The van der Waals surface area contributed by atoms with Crippen molar-refractivity contribution in [3.05, 3.63) is 141 Å². The third-order valence-electron chi connectivity index (χ3n) is 15.0. The standard InChI is InChI=1S/C18H24N2O4.C18H22N2O2.C16H19NO2.C3H5Br/c1-10-7-13-15-14(11(10)2)18(3,4)5-6-19(15)16(23)17(24)20(13)8-12(22)9-21;1-6-8-19-13-10-11(2)12(3)14-15(13)20(17(22)16(19)21)9-7-18(14,4)5;1-9-7-11-8-12(18)15(19)17-6-5-16(3,4)13(10(9)2)14(11)17;1-2-3-4/h7,12,21-22H,5-6,8-9H2,1-4H3;6,10H,1,7-9H2,2-5H3;7H,5-6,8H2,1-4H3;2H,1,3H2. The number of rotatable bonds is 6. The summed E-state index contributed by atoms with van der Waals surface area (Å²) in [5, 5.41) is 19.8. The number of amides is 1. The lowest BCUT2D eigenvalue weighted by atomic mass is 9.72. The van der Waals surface area contributed by atoms with Crippen LogP contribution in [0.2, 0.25) is 0 Å². The second kappa shape index (κ2) is 19.8. The zero-order valence-corrected chi connectivity index (χ0v) is 44.2. The number of allylic oxidation sites excluding steroid dienone is 2. The Kier molecular flexibility index (Phi) is 15.1. The first kappa shape index (κ1) is 52.9. The molecular formula is C55H70BrN5O8. The van der Waals surface area contributed by atoms with Gasteiger partial charge in [-0.2, -0.15) is 0 Å². The molecule has 2 aromatic heterocycles. The lowest BCUT2D eigenvalue weighted by Gasteiger charge is -2.43. The van der Waals surface area contributed by atoms with Crippen LogP contribution < -0.4 is 27.1 Å². The van der Waals surface area contributed by atoms with Crippen molar-refractivity contribution in [1.29, 1.82) is 0 Å². The van der Waals surface area contributed by atoms with Gasteiger partial charge in [-0.25, -0.2) is 0 Å². The zero-order valence-electron chi connectivity index (χ0n) is 42.6. The van der Waals surface area contributed by atoms with Crippen LogP contribution >= 0.6 is 15.9 Å². The number of aliphatic hydroxyl groups is 2. The van der Waals surface area contributed by atoms with Crippen molar-refractivity contribution in [1.82, 2.24) is 18.3 Å². The molecule has 1 unspecified atom stereocenters. The van der Waals surface area contributed by atoms with Crippen molar-refractivity contribution in [2.75, 3.05) is 23.4 Å². The lowest BCUT2D eigenvalue weighted by Crippen LogP contribution is -2.48. The van der Waals surface area contributed by atoms with E-state index in [1.165, 1.54) is 32.4 Å². The van der Waals surface area contributed by atoms with E-state index in [1.54, 1.807) is 30.8 Å². The van der Waals surface area contributed by atoms with Crippen molar-refractivity contribution in [2.45, 2.75) is 157 Å². The maximum absolute atomic E-state index is 12.6. The van der Waals surface area contributed by atoms with E-state index in [4.69, 9.17) is 5.11 Å². The molecule has 0 spiro atoms. The van der Waals surface area contributed by atoms with E-state index in [1.807, 2.05) is 26.0 Å². The number of hydrogen-bond acceptors (Lipinski definition) is 8. The molecule has 370 valence electrons. The molecule has 9 rings (SSSR count). The Hall–Kier alpha value is -5.44. The highest BCUT2D eigenvalue weighted by Crippen LogP contribution is 2.46. The van der Waals surface area contributed by atoms with Gasteiger partial charge in [-0.15, -0.1) is 13.2 Å². The molecule has 0 fully saturated rings. The molecule has 0 bridgehead atoms. The summed E-state index contributed by atoms with van der Waals surface area (Å²) in [5.74, 6) is -0.603. The SMILES string of the molecule is C=CCBr.C=CCn1c(=O)c(=O)n2c3c(c(C)c(C)cc31)C(C)(C)CC2.Cc1cc2c3c(c1C)C(C)(C)CCN3C(=O)C(=O)C2.Cc1cc2c3c(c1C)C(C)(C)CCn3c(=O)c(=O)n2CC(O)CO. The molecule has 0 saturated heterocycles. The molecule has 6 heterocycles. The molecule has 69 heavy (non-hydrogen) atoms. The number of Topliss-reactive ketones (excluding diaryl/α,β-unsaturated/α-hetero) is 1. The Balaban J connectivity index is 0.000000164. The Bertz CT molecular complexity index is 3200. The van der Waals surface area contributed by atoms with Crippen LogP contribution in [0, 0.1) is 41.5 Å². The van der Waals surface area contributed by atoms with Crippen LogP contribution in [0.15, 0.2) is 62.7 Å². The van der Waals surface area contributed by atoms with Gasteiger partial charge in [-0.1, -0.05) is 75.7 Å². The molecule has 4 aliphatic heterocycles. The molecule has 1 atom stereocenters. The van der Waals surface area contributed by atoms with Crippen molar-refractivity contribution in [3.63, 3.8) is 0 Å². The third kappa shape index (κ3) is 9.36. The third-order valence-corrected chi connectivity index (χ3v) is 15.5. The summed E-state index contributed by atoms with van der Waals surface area (Å²) in [5.41, 5.74) is 13.7. The first-order chi connectivity index (χ1) is 32.2. The van der Waals surface area contributed by atoms with Crippen molar-refractivity contribution in [3.8, 4) is 0 Å². The van der Waals surface area contributed by atoms with E-state index >= 15 is 0 Å². The fraction of sp³-hybridized carbons (Fsp3) is 0.491. The summed E-state index contributed by atoms with van der Waals surface area (Å²) < 4.78 is 6.11. The average molecular weight is 1010 g/mol. The molecule has 13 nitrogen and oxygen atoms in total. The summed E-state index contributed by atoms with van der Waals surface area (Å²) in [6, 6.07) is 6.00. The highest BCUT2D eigenvalue weighted by atomic mass is 79.9. The number of hydrogen-bond donors (Lipinski definition) is 2. The number of aliphatic hydroxyl groups excluding tert-OH is 2. The summed E-state index contributed by atoms with van der Waals surface area (Å²) in [4.78, 5) is 75.7. The maximum atomic E-state index is 12.6. The Morgan fingerprint density at radius 1 is 0.638 bits per heavy atom. The summed E-state index contributed by atoms with van der Waals surface area (Å²) in [7, 11) is 0. The van der Waals surface area contributed by atoms with E-state index in [9.17, 15) is 33.9 Å². The molecule has 14 heteroatoms. The van der Waals surface area contributed by atoms with E-state index < -0.39 is 34.9 Å². The van der Waals surface area contributed by atoms with Gasteiger partial charge in [0.15, 0.2) is 0 Å². The van der Waals surface area contributed by atoms with Gasteiger partial charge in [-0.3, -0.25) is 37.9 Å². The van der Waals surface area contributed by atoms with Crippen molar-refractivity contribution < 1.29 is 19.8 Å². The quantitative estimate of drug-likeness (QED) is 0.101. The molecular weight excluding hydrogens is 939 g/mol. The number of aryl methyl sites for hydroxylation is 5. The van der Waals surface area contributed by atoms with Crippen molar-refractivity contribution >= 4 is 55.4 Å². The summed E-state index contributed by atoms with van der Waals surface area (Å²) >= 11 is 3.13. The molecule has 0 radical (unpaired) electrons. The number of nitrogens with zero attached hydrogens (tertiary/aromatic N) is 5. The van der Waals surface area contributed by atoms with Crippen LogP contribution in [0.4, 0.5) is 5.69 Å². The van der Waals surface area contributed by atoms with Crippen LogP contribution in [0.1, 0.15) is 116 Å². The van der Waals surface area contributed by atoms with Gasteiger partial charge in [0.2, 0.25) is 5.78 Å². The van der Waals surface area contributed by atoms with Crippen LogP contribution in [-0.2, 0) is 58.4 Å². The molecule has 3 aromatic carbocycles. The largest absolute Gasteiger partial charge is 0.394 e. The van der Waals surface area contributed by atoms with Crippen LogP contribution in [0.5, 0.6) is 0 Å². The van der Waals surface area contributed by atoms with E-state index in [0.717, 1.165) is 74.6 Å². The minimum absolute atomic E-state index is 0.00277. The molecule has 4 aliphatic rings. The summed E-state index contributed by atoms with van der Waals surface area (Å²) in [6.45, 7) is 34.3. The number of benzene rings is 3. The van der Waals surface area contributed by atoms with Gasteiger partial charge in [0.05, 0.1) is 47.0 Å². The Morgan fingerprint density at radius 2 is 1.06 bits per heavy atom. The monoisotopic (exact) mass is 1010 g/mol. The second-order valence-corrected chi connectivity index (χ2v) is 21.7. The molecule has 0 aliphatic carbocycles. The first-order valence-electron chi connectivity index (χ1n) is 23.8. The number of aromatic nitrogens is 4. The Labute approximate surface area is 412 Å². The first-order valence-corrected chi connectivity index (χ1v) is 25.0. The highest BCUT2D eigenvalue weighted by molar-refractivity contribution is 9.09. The smallest absolute Gasteiger partial charge is 0.317 e. The number of anilines is 1. The van der Waals surface area contributed by atoms with Crippen LogP contribution in [0.3, 0.4) is 0 Å². The predicted octanol–water partition coefficient (Wildman–Crippen LogP) is 7.47. The van der Waals surface area contributed by atoms with Gasteiger partial charge < -0.3 is 24.2 Å². The van der Waals surface area contributed by atoms with Crippen LogP contribution in [-0.4, -0.2) is 64.8 Å². The highest BCUT2D eigenvalue weighted by Gasteiger charge is 2.42. The number of carbonyl (C=O) groups is 2. The fourth-order valence-electron chi connectivity index (χ4n) is 11.0. The zero-order chi connectivity index (χ0) is 51.4. The lowest BCUT2D eigenvalue weighted by molar-refractivity contribution is -0.136. The van der Waals surface area contributed by atoms with Gasteiger partial charge in [0, 0.05) is 37.9 Å².